The van der Waals surface area contributed by atoms with E-state index in [-0.39, 0.29) is 0 Å². The fourth-order valence-electron chi connectivity index (χ4n) is 11.6. The lowest BCUT2D eigenvalue weighted by molar-refractivity contribution is 0.668. The molecule has 0 amide bonds. The van der Waals surface area contributed by atoms with Crippen molar-refractivity contribution in [2.45, 2.75) is 0 Å². The summed E-state index contributed by atoms with van der Waals surface area (Å²) in [7, 11) is 0. The van der Waals surface area contributed by atoms with Crippen LogP contribution in [0.15, 0.2) is 258 Å². The number of nitrogens with zero attached hydrogens (tertiary/aromatic N) is 5. The summed E-state index contributed by atoms with van der Waals surface area (Å²) in [6, 6.07) is 87.5. The van der Waals surface area contributed by atoms with Gasteiger partial charge in [-0.3, -0.25) is 0 Å². The maximum absolute atomic E-state index is 7.05. The zero-order chi connectivity index (χ0) is 49.8. The molecule has 0 N–H and O–H groups in total. The highest BCUT2D eigenvalue weighted by Crippen LogP contribution is 2.46. The topological polar surface area (TPSA) is 74.8 Å². The summed E-state index contributed by atoms with van der Waals surface area (Å²) in [5, 5.41) is 8.84. The van der Waals surface area contributed by atoms with Crippen molar-refractivity contribution in [2.24, 2.45) is 0 Å². The Bertz CT molecular complexity index is 4970. The van der Waals surface area contributed by atoms with Gasteiger partial charge in [0.05, 0.1) is 38.7 Å². The number of hydrogen-bond donors (Lipinski definition) is 0. The van der Waals surface area contributed by atoms with Crippen molar-refractivity contribution in [3.8, 4) is 67.8 Å². The SMILES string of the molecule is c1ccc(-c2ccc(-c3nc(-c4ccccc4)nc(-c4ccc(-n5c6ccc(-c7ccc8oc9ccccc9c8c7)cc6c6cc7c8ccccc8n(-c8ccccc8)c7cc65)c5c4oc4ccccc45)n3)cc2)cc1. The second-order valence-electron chi connectivity index (χ2n) is 19.5. The first kappa shape index (κ1) is 42.2. The highest BCUT2D eigenvalue weighted by atomic mass is 16.3. The number of benzene rings is 11. The molecule has 7 heteroatoms. The minimum atomic E-state index is 0.523. The molecule has 5 heterocycles. The van der Waals surface area contributed by atoms with Crippen LogP contribution in [0.4, 0.5) is 0 Å². The Kier molecular flexibility index (Phi) is 9.20. The van der Waals surface area contributed by atoms with E-state index in [9.17, 15) is 0 Å². The molecule has 16 rings (SSSR count). The first-order valence-corrected chi connectivity index (χ1v) is 25.6. The fourth-order valence-corrected chi connectivity index (χ4v) is 11.6. The van der Waals surface area contributed by atoms with Crippen LogP contribution < -0.4 is 0 Å². The van der Waals surface area contributed by atoms with Gasteiger partial charge >= 0.3 is 0 Å². The summed E-state index contributed by atoms with van der Waals surface area (Å²) in [6.45, 7) is 0. The van der Waals surface area contributed by atoms with Gasteiger partial charge in [-0.05, 0) is 101 Å². The van der Waals surface area contributed by atoms with Gasteiger partial charge in [0.2, 0.25) is 0 Å². The Hall–Kier alpha value is -10.4. The van der Waals surface area contributed by atoms with Crippen LogP contribution in [0.1, 0.15) is 0 Å². The van der Waals surface area contributed by atoms with E-state index in [4.69, 9.17) is 23.8 Å². The molecule has 16 aromatic rings. The second-order valence-corrected chi connectivity index (χ2v) is 19.5. The standard InChI is InChI=1S/C69H41N5O2/c1-4-16-42(17-5-1)43-28-30-45(31-29-43)68-70-67(44-18-6-2-7-19-44)71-69(72-68)52-34-36-59(65-51-24-12-15-27-63(51)76-66(52)65)74-58-35-32-46(47-33-37-64-56(39-47)50-23-11-14-26-62(50)75-64)38-53(58)55-40-54-49-22-10-13-25-57(49)73(60(54)41-61(55)74)48-20-8-3-9-21-48/h1-41H. The van der Waals surface area contributed by atoms with Crippen molar-refractivity contribution in [3.63, 3.8) is 0 Å². The van der Waals surface area contributed by atoms with Gasteiger partial charge in [-0.1, -0.05) is 170 Å². The summed E-state index contributed by atoms with van der Waals surface area (Å²) in [6.07, 6.45) is 0. The summed E-state index contributed by atoms with van der Waals surface area (Å²) in [4.78, 5) is 15.6. The Morgan fingerprint density at radius 2 is 0.776 bits per heavy atom. The van der Waals surface area contributed by atoms with E-state index in [2.05, 4.69) is 197 Å². The summed E-state index contributed by atoms with van der Waals surface area (Å²) in [5.41, 5.74) is 16.8. The molecule has 0 aliphatic rings. The van der Waals surface area contributed by atoms with Crippen molar-refractivity contribution in [1.82, 2.24) is 24.1 Å². The van der Waals surface area contributed by atoms with E-state index in [1.54, 1.807) is 0 Å². The molecule has 0 fully saturated rings. The number of hydrogen-bond acceptors (Lipinski definition) is 5. The van der Waals surface area contributed by atoms with Gasteiger partial charge in [-0.15, -0.1) is 0 Å². The Morgan fingerprint density at radius 3 is 1.54 bits per heavy atom. The summed E-state index contributed by atoms with van der Waals surface area (Å²) >= 11 is 0. The van der Waals surface area contributed by atoms with Gasteiger partial charge in [0, 0.05) is 54.5 Å². The van der Waals surface area contributed by atoms with Gasteiger partial charge in [-0.25, -0.2) is 15.0 Å². The van der Waals surface area contributed by atoms with Crippen LogP contribution in [0.3, 0.4) is 0 Å². The van der Waals surface area contributed by atoms with E-state index < -0.39 is 0 Å². The number of rotatable bonds is 7. The molecule has 0 atom stereocenters. The maximum Gasteiger partial charge on any atom is 0.167 e. The van der Waals surface area contributed by atoms with Crippen LogP contribution in [0, 0.1) is 0 Å². The Labute approximate surface area is 434 Å². The van der Waals surface area contributed by atoms with Crippen LogP contribution in [0.2, 0.25) is 0 Å². The molecule has 0 spiro atoms. The van der Waals surface area contributed by atoms with Crippen LogP contribution in [0.5, 0.6) is 0 Å². The normalized spacial score (nSPS) is 11.9. The van der Waals surface area contributed by atoms with Crippen molar-refractivity contribution >= 4 is 87.5 Å². The number of furan rings is 2. The molecule has 11 aromatic carbocycles. The molecule has 0 aliphatic carbocycles. The molecular formula is C69H41N5O2. The van der Waals surface area contributed by atoms with E-state index in [1.807, 2.05) is 60.7 Å². The number of fused-ring (bicyclic) bond motifs is 12. The van der Waals surface area contributed by atoms with Crippen LogP contribution in [-0.2, 0) is 0 Å². The molecule has 0 bridgehead atoms. The minimum Gasteiger partial charge on any atom is -0.456 e. The Morgan fingerprint density at radius 1 is 0.276 bits per heavy atom. The van der Waals surface area contributed by atoms with E-state index in [1.165, 1.54) is 10.8 Å². The quantitative estimate of drug-likeness (QED) is 0.159. The largest absolute Gasteiger partial charge is 0.456 e. The highest BCUT2D eigenvalue weighted by molar-refractivity contribution is 6.22. The third kappa shape index (κ3) is 6.52. The van der Waals surface area contributed by atoms with Crippen molar-refractivity contribution in [1.29, 1.82) is 0 Å². The first-order chi connectivity index (χ1) is 37.7. The molecule has 0 saturated carbocycles. The third-order valence-corrected chi connectivity index (χ3v) is 15.2. The van der Waals surface area contributed by atoms with E-state index in [0.717, 1.165) is 121 Å². The molecule has 76 heavy (non-hydrogen) atoms. The lowest BCUT2D eigenvalue weighted by Gasteiger charge is -2.13. The van der Waals surface area contributed by atoms with E-state index >= 15 is 0 Å². The second kappa shape index (κ2) is 16.6. The maximum atomic E-state index is 7.05. The van der Waals surface area contributed by atoms with Gasteiger partial charge in [0.1, 0.15) is 22.3 Å². The van der Waals surface area contributed by atoms with Crippen LogP contribution in [-0.4, -0.2) is 24.1 Å². The van der Waals surface area contributed by atoms with Crippen LogP contribution in [0.25, 0.3) is 155 Å². The van der Waals surface area contributed by atoms with Crippen molar-refractivity contribution in [2.75, 3.05) is 0 Å². The predicted molar refractivity (Wildman–Crippen MR) is 310 cm³/mol. The smallest absolute Gasteiger partial charge is 0.167 e. The first-order valence-electron chi connectivity index (χ1n) is 25.6. The van der Waals surface area contributed by atoms with Crippen LogP contribution >= 0.6 is 0 Å². The van der Waals surface area contributed by atoms with Gasteiger partial charge in [0.15, 0.2) is 17.5 Å². The summed E-state index contributed by atoms with van der Waals surface area (Å²) in [5.74, 6) is 1.68. The average molecular weight is 972 g/mol. The minimum absolute atomic E-state index is 0.523. The molecule has 0 unspecified atom stereocenters. The lowest BCUT2D eigenvalue weighted by atomic mass is 10.00. The fraction of sp³-hybridized carbons (Fsp3) is 0. The van der Waals surface area contributed by atoms with Gasteiger partial charge in [-0.2, -0.15) is 0 Å². The predicted octanol–water partition coefficient (Wildman–Crippen LogP) is 18.2. The third-order valence-electron chi connectivity index (χ3n) is 15.2. The number of aromatic nitrogens is 5. The van der Waals surface area contributed by atoms with Crippen molar-refractivity contribution < 1.29 is 8.83 Å². The zero-order valence-corrected chi connectivity index (χ0v) is 40.7. The Balaban J connectivity index is 0.958. The lowest BCUT2D eigenvalue weighted by Crippen LogP contribution is -2.01. The number of para-hydroxylation sites is 4. The molecule has 0 aliphatic heterocycles. The van der Waals surface area contributed by atoms with Gasteiger partial charge in [0.25, 0.3) is 0 Å². The molecule has 5 aromatic heterocycles. The van der Waals surface area contributed by atoms with E-state index in [0.29, 0.717) is 23.1 Å². The summed E-state index contributed by atoms with van der Waals surface area (Å²) < 4.78 is 18.2. The monoisotopic (exact) mass is 971 g/mol. The highest BCUT2D eigenvalue weighted by Gasteiger charge is 2.25. The zero-order valence-electron chi connectivity index (χ0n) is 40.7. The van der Waals surface area contributed by atoms with Crippen molar-refractivity contribution in [3.05, 3.63) is 249 Å². The molecule has 0 radical (unpaired) electrons. The molecule has 0 saturated heterocycles. The molecular weight excluding hydrogens is 931 g/mol. The average Bonchev–Trinajstić information content (AvgIpc) is 4.37. The van der Waals surface area contributed by atoms with Gasteiger partial charge < -0.3 is 18.0 Å². The molecule has 354 valence electrons. The molecule has 7 nitrogen and oxygen atoms in total.